The first-order valence-corrected chi connectivity index (χ1v) is 3.75. The van der Waals surface area contributed by atoms with E-state index in [-0.39, 0.29) is 6.08 Å². The molecule has 0 saturated heterocycles. The van der Waals surface area contributed by atoms with Crippen LogP contribution in [-0.2, 0) is 9.59 Å². The number of allylic oxidation sites excluding steroid dienone is 2. The highest BCUT2D eigenvalue weighted by atomic mass is 19.2. The van der Waals surface area contributed by atoms with Gasteiger partial charge in [0.25, 0.3) is 5.79 Å². The van der Waals surface area contributed by atoms with Gasteiger partial charge in [0.1, 0.15) is 0 Å². The molecular weight excluding hydrogens is 232 g/mol. The van der Waals surface area contributed by atoms with Crippen molar-refractivity contribution in [1.82, 2.24) is 0 Å². The molecule has 0 bridgehead atoms. The molecular formula is C8H2F4N2O2. The minimum absolute atomic E-state index is 0.132. The fraction of sp³-hybridized carbons (Fsp3) is 0.250. The number of carbonyl (C=O) groups excluding carboxylic acids is 2. The van der Waals surface area contributed by atoms with E-state index in [1.807, 2.05) is 0 Å². The normalized spacial score (nSPS) is 29.0. The largest absolute Gasteiger partial charge is 0.291 e. The summed E-state index contributed by atoms with van der Waals surface area (Å²) in [7, 11) is 0. The van der Waals surface area contributed by atoms with Gasteiger partial charge in [0.2, 0.25) is 12.2 Å². The molecule has 1 aliphatic rings. The first-order valence-electron chi connectivity index (χ1n) is 3.75. The number of hydrogen-bond donors (Lipinski definition) is 0. The molecule has 4 nitrogen and oxygen atoms in total. The molecule has 0 N–H and O–H groups in total. The van der Waals surface area contributed by atoms with Crippen LogP contribution in [0.4, 0.5) is 17.6 Å². The van der Waals surface area contributed by atoms with Crippen molar-refractivity contribution in [2.45, 2.75) is 11.8 Å². The van der Waals surface area contributed by atoms with Crippen molar-refractivity contribution in [1.29, 1.82) is 0 Å². The number of alkyl halides is 1. The highest BCUT2D eigenvalue weighted by molar-refractivity contribution is 5.45. The molecule has 0 radical (unpaired) electrons. The lowest BCUT2D eigenvalue weighted by molar-refractivity contribution is 0.144. The van der Waals surface area contributed by atoms with E-state index in [0.29, 0.717) is 6.08 Å². The van der Waals surface area contributed by atoms with Crippen LogP contribution >= 0.6 is 0 Å². The quantitative estimate of drug-likeness (QED) is 0.316. The summed E-state index contributed by atoms with van der Waals surface area (Å²) in [6.45, 7) is 0. The second-order valence-corrected chi connectivity index (χ2v) is 2.69. The molecule has 16 heavy (non-hydrogen) atoms. The maximum absolute atomic E-state index is 13.7. The van der Waals surface area contributed by atoms with Crippen molar-refractivity contribution >= 4 is 12.2 Å². The Morgan fingerprint density at radius 3 is 2.38 bits per heavy atom. The SMILES string of the molecule is O=C=NC1C(F)=C(F)C=C(F)C1(F)N=C=O. The highest BCUT2D eigenvalue weighted by Gasteiger charge is 2.51. The Morgan fingerprint density at radius 2 is 1.88 bits per heavy atom. The van der Waals surface area contributed by atoms with Crippen LogP contribution in [0.5, 0.6) is 0 Å². The number of hydrogen-bond acceptors (Lipinski definition) is 4. The minimum Gasteiger partial charge on any atom is -0.211 e. The molecule has 0 saturated carbocycles. The predicted octanol–water partition coefficient (Wildman–Crippen LogP) is 1.71. The van der Waals surface area contributed by atoms with Crippen LogP contribution in [0.3, 0.4) is 0 Å². The van der Waals surface area contributed by atoms with Gasteiger partial charge in [-0.25, -0.2) is 27.2 Å². The maximum atomic E-state index is 13.7. The molecule has 0 aromatic heterocycles. The molecule has 0 heterocycles. The van der Waals surface area contributed by atoms with Crippen molar-refractivity contribution < 1.29 is 27.2 Å². The molecule has 0 fully saturated rings. The van der Waals surface area contributed by atoms with E-state index in [9.17, 15) is 27.2 Å². The van der Waals surface area contributed by atoms with Crippen LogP contribution < -0.4 is 0 Å². The van der Waals surface area contributed by atoms with Gasteiger partial charge in [-0.3, -0.25) is 0 Å². The summed E-state index contributed by atoms with van der Waals surface area (Å²) in [4.78, 5) is 24.6. The zero-order chi connectivity index (χ0) is 12.3. The standard InChI is InChI=1S/C8H2F4N2O2/c9-4-1-5(10)8(12,14-3-16)7(6(4)11)13-2-15/h1,7H. The topological polar surface area (TPSA) is 58.9 Å². The molecule has 0 aromatic rings. The number of rotatable bonds is 2. The monoisotopic (exact) mass is 234 g/mol. The van der Waals surface area contributed by atoms with Gasteiger partial charge in [0.15, 0.2) is 23.5 Å². The van der Waals surface area contributed by atoms with E-state index in [0.717, 1.165) is 6.08 Å². The van der Waals surface area contributed by atoms with Gasteiger partial charge < -0.3 is 0 Å². The lowest BCUT2D eigenvalue weighted by Crippen LogP contribution is -2.38. The second-order valence-electron chi connectivity index (χ2n) is 2.69. The first kappa shape index (κ1) is 12.0. The van der Waals surface area contributed by atoms with E-state index < -0.39 is 29.3 Å². The second kappa shape index (κ2) is 4.22. The summed E-state index contributed by atoms with van der Waals surface area (Å²) < 4.78 is 52.3. The summed E-state index contributed by atoms with van der Waals surface area (Å²) in [6, 6.07) is -2.54. The summed E-state index contributed by atoms with van der Waals surface area (Å²) >= 11 is 0. The molecule has 0 spiro atoms. The number of halogens is 4. The van der Waals surface area contributed by atoms with Crippen LogP contribution in [0.1, 0.15) is 0 Å². The molecule has 2 atom stereocenters. The Balaban J connectivity index is 3.44. The van der Waals surface area contributed by atoms with E-state index in [1.165, 1.54) is 0 Å². The van der Waals surface area contributed by atoms with E-state index in [4.69, 9.17) is 0 Å². The summed E-state index contributed by atoms with van der Waals surface area (Å²) in [5.74, 6) is -9.08. The summed E-state index contributed by atoms with van der Waals surface area (Å²) in [5.41, 5.74) is 0. The van der Waals surface area contributed by atoms with Crippen LogP contribution in [0.25, 0.3) is 0 Å². The Labute approximate surface area is 85.7 Å². The summed E-state index contributed by atoms with van der Waals surface area (Å²) in [6.07, 6.45) is 1.25. The van der Waals surface area contributed by atoms with Gasteiger partial charge in [-0.2, -0.15) is 9.98 Å². The molecule has 2 unspecified atom stereocenters. The third kappa shape index (κ3) is 1.71. The van der Waals surface area contributed by atoms with Gasteiger partial charge in [-0.15, -0.1) is 0 Å². The average molecular weight is 234 g/mol. The lowest BCUT2D eigenvalue weighted by Gasteiger charge is -2.25. The molecule has 84 valence electrons. The molecule has 8 heteroatoms. The van der Waals surface area contributed by atoms with Crippen molar-refractivity contribution in [3.63, 3.8) is 0 Å². The van der Waals surface area contributed by atoms with Gasteiger partial charge in [-0.1, -0.05) is 0 Å². The van der Waals surface area contributed by atoms with Crippen molar-refractivity contribution in [2.24, 2.45) is 9.98 Å². The van der Waals surface area contributed by atoms with E-state index >= 15 is 0 Å². The maximum Gasteiger partial charge on any atom is 0.291 e. The van der Waals surface area contributed by atoms with E-state index in [1.54, 1.807) is 0 Å². The van der Waals surface area contributed by atoms with Crippen molar-refractivity contribution in [3.05, 3.63) is 23.6 Å². The third-order valence-corrected chi connectivity index (χ3v) is 1.81. The van der Waals surface area contributed by atoms with Gasteiger partial charge >= 0.3 is 0 Å². The van der Waals surface area contributed by atoms with Gasteiger partial charge in [0, 0.05) is 6.08 Å². The third-order valence-electron chi connectivity index (χ3n) is 1.81. The predicted molar refractivity (Wildman–Crippen MR) is 42.3 cm³/mol. The number of aliphatic imine (C=N–C) groups is 2. The Hall–Kier alpha value is -2.04. The van der Waals surface area contributed by atoms with Gasteiger partial charge in [-0.05, 0) is 0 Å². The number of isocyanates is 2. The molecule has 1 rings (SSSR count). The van der Waals surface area contributed by atoms with Crippen molar-refractivity contribution in [2.75, 3.05) is 0 Å². The fourth-order valence-corrected chi connectivity index (χ4v) is 1.09. The molecule has 0 aromatic carbocycles. The smallest absolute Gasteiger partial charge is 0.211 e. The molecule has 1 aliphatic carbocycles. The van der Waals surface area contributed by atoms with Crippen LogP contribution in [0.2, 0.25) is 0 Å². The zero-order valence-corrected chi connectivity index (χ0v) is 7.38. The van der Waals surface area contributed by atoms with Crippen LogP contribution in [0, 0.1) is 0 Å². The lowest BCUT2D eigenvalue weighted by atomic mass is 9.98. The highest BCUT2D eigenvalue weighted by Crippen LogP contribution is 2.40. The summed E-state index contributed by atoms with van der Waals surface area (Å²) in [5, 5.41) is 0. The van der Waals surface area contributed by atoms with Crippen LogP contribution in [-0.4, -0.2) is 24.0 Å². The van der Waals surface area contributed by atoms with Crippen molar-refractivity contribution in [3.8, 4) is 0 Å². The Kier molecular flexibility index (Phi) is 3.17. The number of nitrogens with zero attached hydrogens (tertiary/aromatic N) is 2. The Bertz CT molecular complexity index is 474. The minimum atomic E-state index is -3.60. The van der Waals surface area contributed by atoms with E-state index in [2.05, 4.69) is 9.98 Å². The molecule has 0 aliphatic heterocycles. The molecule has 0 amide bonds. The zero-order valence-electron chi connectivity index (χ0n) is 7.38. The van der Waals surface area contributed by atoms with Crippen LogP contribution in [0.15, 0.2) is 33.5 Å². The Morgan fingerprint density at radius 1 is 1.25 bits per heavy atom. The fourth-order valence-electron chi connectivity index (χ4n) is 1.09. The average Bonchev–Trinajstić information content (AvgIpc) is 2.23. The first-order chi connectivity index (χ1) is 7.47. The van der Waals surface area contributed by atoms with Gasteiger partial charge in [0.05, 0.1) is 0 Å².